The maximum Gasteiger partial charge on any atom is 0.416 e. The third-order valence-electron chi connectivity index (χ3n) is 2.61. The van der Waals surface area contributed by atoms with Crippen LogP contribution in [0.25, 0.3) is 12.2 Å². The molecule has 0 radical (unpaired) electrons. The number of rotatable bonds is 0. The molecule has 1 aliphatic rings. The fourth-order valence-corrected chi connectivity index (χ4v) is 1.62. The first-order chi connectivity index (χ1) is 7.78. The van der Waals surface area contributed by atoms with E-state index in [0.29, 0.717) is 11.1 Å². The molecule has 1 N–H and O–H groups in total. The highest BCUT2D eigenvalue weighted by Gasteiger charge is 2.30. The van der Waals surface area contributed by atoms with Gasteiger partial charge >= 0.3 is 6.18 Å². The predicted octanol–water partition coefficient (Wildman–Crippen LogP) is 3.50. The van der Waals surface area contributed by atoms with Crippen molar-refractivity contribution in [3.63, 3.8) is 0 Å². The van der Waals surface area contributed by atoms with Gasteiger partial charge in [-0.3, -0.25) is 0 Å². The van der Waals surface area contributed by atoms with Crippen LogP contribution < -0.4 is 0 Å². The third kappa shape index (κ3) is 2.58. The average molecular weight is 240 g/mol. The van der Waals surface area contributed by atoms with Crippen LogP contribution in [-0.2, 0) is 6.18 Å². The number of hydrogen-bond acceptors (Lipinski definition) is 1. The fourth-order valence-electron chi connectivity index (χ4n) is 1.62. The zero-order valence-electron chi connectivity index (χ0n) is 9.12. The molecule has 2 rings (SSSR count). The molecule has 17 heavy (non-hydrogen) atoms. The third-order valence-corrected chi connectivity index (χ3v) is 2.61. The first-order valence-electron chi connectivity index (χ1n) is 5.10. The van der Waals surface area contributed by atoms with Crippen LogP contribution >= 0.6 is 0 Å². The highest BCUT2D eigenvalue weighted by Crippen LogP contribution is 2.32. The van der Waals surface area contributed by atoms with Crippen LogP contribution in [0.15, 0.2) is 30.4 Å². The quantitative estimate of drug-likeness (QED) is 0.735. The zero-order valence-corrected chi connectivity index (χ0v) is 9.12. The number of fused-ring (bicyclic) bond motifs is 1. The van der Waals surface area contributed by atoms with Gasteiger partial charge in [-0.25, -0.2) is 0 Å². The Balaban J connectivity index is 2.50. The van der Waals surface area contributed by atoms with Gasteiger partial charge in [0.15, 0.2) is 0 Å². The van der Waals surface area contributed by atoms with E-state index >= 15 is 0 Å². The molecule has 0 bridgehead atoms. The molecule has 4 heteroatoms. The molecule has 0 saturated carbocycles. The van der Waals surface area contributed by atoms with Crippen molar-refractivity contribution in [2.75, 3.05) is 0 Å². The van der Waals surface area contributed by atoms with Gasteiger partial charge in [-0.1, -0.05) is 18.2 Å². The molecule has 0 amide bonds. The van der Waals surface area contributed by atoms with Crippen LogP contribution in [0.5, 0.6) is 0 Å². The summed E-state index contributed by atoms with van der Waals surface area (Å²) in [6.45, 7) is 1.57. The van der Waals surface area contributed by atoms with Gasteiger partial charge in [0.2, 0.25) is 0 Å². The molecule has 1 nitrogen and oxygen atoms in total. The van der Waals surface area contributed by atoms with Gasteiger partial charge in [0.05, 0.1) is 11.2 Å². The van der Waals surface area contributed by atoms with E-state index in [1.807, 2.05) is 0 Å². The van der Waals surface area contributed by atoms with Crippen LogP contribution in [0.3, 0.4) is 0 Å². The summed E-state index contributed by atoms with van der Waals surface area (Å²) in [6, 6.07) is 3.52. The second kappa shape index (κ2) is 3.74. The first-order valence-corrected chi connectivity index (χ1v) is 5.10. The Kier molecular flexibility index (Phi) is 2.62. The van der Waals surface area contributed by atoms with Gasteiger partial charge in [-0.2, -0.15) is 13.2 Å². The summed E-state index contributed by atoms with van der Waals surface area (Å²) in [7, 11) is 0. The minimum absolute atomic E-state index is 0.453. The summed E-state index contributed by atoms with van der Waals surface area (Å²) in [5.41, 5.74) is -0.700. The Morgan fingerprint density at radius 2 is 1.65 bits per heavy atom. The largest absolute Gasteiger partial charge is 0.416 e. The molecule has 0 spiro atoms. The summed E-state index contributed by atoms with van der Waals surface area (Å²) in [4.78, 5) is 0. The minimum atomic E-state index is -4.35. The topological polar surface area (TPSA) is 20.2 Å². The van der Waals surface area contributed by atoms with E-state index in [9.17, 15) is 18.3 Å². The zero-order chi connectivity index (χ0) is 12.7. The maximum atomic E-state index is 12.5. The van der Waals surface area contributed by atoms with Gasteiger partial charge in [-0.15, -0.1) is 0 Å². The van der Waals surface area contributed by atoms with E-state index < -0.39 is 17.3 Å². The molecule has 0 heterocycles. The number of aliphatic hydroxyl groups is 1. The van der Waals surface area contributed by atoms with Crippen molar-refractivity contribution < 1.29 is 18.3 Å². The molecule has 0 aliphatic heterocycles. The molecule has 0 saturated heterocycles. The Hall–Kier alpha value is -1.55. The van der Waals surface area contributed by atoms with Crippen molar-refractivity contribution in [1.29, 1.82) is 0 Å². The molecular formula is C13H11F3O. The lowest BCUT2D eigenvalue weighted by Crippen LogP contribution is -2.15. The van der Waals surface area contributed by atoms with Crippen molar-refractivity contribution in [2.24, 2.45) is 0 Å². The molecule has 0 aromatic heterocycles. The van der Waals surface area contributed by atoms with Gasteiger partial charge in [0.1, 0.15) is 0 Å². The van der Waals surface area contributed by atoms with E-state index in [2.05, 4.69) is 0 Å². The van der Waals surface area contributed by atoms with E-state index in [4.69, 9.17) is 0 Å². The summed E-state index contributed by atoms with van der Waals surface area (Å²) in [6.07, 6.45) is 1.79. The van der Waals surface area contributed by atoms with Crippen molar-refractivity contribution in [1.82, 2.24) is 0 Å². The van der Waals surface area contributed by atoms with Crippen LogP contribution in [0.4, 0.5) is 13.2 Å². The number of benzene rings is 1. The molecule has 1 aliphatic carbocycles. The maximum absolute atomic E-state index is 12.5. The fraction of sp³-hybridized carbons (Fsp3) is 0.231. The molecule has 1 unspecified atom stereocenters. The van der Waals surface area contributed by atoms with Crippen LogP contribution in [0, 0.1) is 0 Å². The van der Waals surface area contributed by atoms with Crippen molar-refractivity contribution in [3.8, 4) is 0 Å². The molecule has 0 fully saturated rings. The van der Waals surface area contributed by atoms with Crippen molar-refractivity contribution in [2.45, 2.75) is 18.7 Å². The molecule has 1 atom stereocenters. The second-order valence-corrected chi connectivity index (χ2v) is 4.23. The Bertz CT molecular complexity index is 496. The normalized spacial score (nSPS) is 23.4. The summed E-state index contributed by atoms with van der Waals surface area (Å²) in [5.74, 6) is 0. The van der Waals surface area contributed by atoms with E-state index in [1.54, 1.807) is 19.1 Å². The minimum Gasteiger partial charge on any atom is -0.382 e. The van der Waals surface area contributed by atoms with Crippen LogP contribution in [0.1, 0.15) is 23.6 Å². The highest BCUT2D eigenvalue weighted by molar-refractivity contribution is 5.69. The Morgan fingerprint density at radius 1 is 1.06 bits per heavy atom. The lowest BCUT2D eigenvalue weighted by molar-refractivity contribution is -0.137. The lowest BCUT2D eigenvalue weighted by atomic mass is 10.0. The van der Waals surface area contributed by atoms with E-state index in [-0.39, 0.29) is 0 Å². The SMILES string of the molecule is CC1(O)C=Cc2ccc(C(F)(F)F)cc2C=C1. The van der Waals surface area contributed by atoms with E-state index in [1.165, 1.54) is 18.2 Å². The smallest absolute Gasteiger partial charge is 0.382 e. The van der Waals surface area contributed by atoms with Gasteiger partial charge in [-0.05, 0) is 42.3 Å². The second-order valence-electron chi connectivity index (χ2n) is 4.23. The van der Waals surface area contributed by atoms with E-state index in [0.717, 1.165) is 12.1 Å². The molecule has 1 aromatic rings. The van der Waals surface area contributed by atoms with Gasteiger partial charge in [0, 0.05) is 0 Å². The van der Waals surface area contributed by atoms with Gasteiger partial charge in [0.25, 0.3) is 0 Å². The summed E-state index contributed by atoms with van der Waals surface area (Å²) >= 11 is 0. The van der Waals surface area contributed by atoms with Crippen molar-refractivity contribution >= 4 is 12.2 Å². The van der Waals surface area contributed by atoms with Gasteiger partial charge < -0.3 is 5.11 Å². The molecule has 90 valence electrons. The monoisotopic (exact) mass is 240 g/mol. The Morgan fingerprint density at radius 3 is 2.24 bits per heavy atom. The highest BCUT2D eigenvalue weighted by atomic mass is 19.4. The van der Waals surface area contributed by atoms with Crippen LogP contribution in [0.2, 0.25) is 0 Å². The summed E-state index contributed by atoms with van der Waals surface area (Å²) < 4.78 is 37.6. The lowest BCUT2D eigenvalue weighted by Gasteiger charge is -2.10. The summed E-state index contributed by atoms with van der Waals surface area (Å²) in [5, 5.41) is 9.76. The number of halogens is 3. The standard InChI is InChI=1S/C13H11F3O/c1-12(17)6-4-9-2-3-11(13(14,15)16)8-10(9)5-7-12/h2-8,17H,1H3. The van der Waals surface area contributed by atoms with Crippen LogP contribution in [-0.4, -0.2) is 10.7 Å². The molecule has 1 aromatic carbocycles. The Labute approximate surface area is 96.9 Å². The number of alkyl halides is 3. The number of hydrogen-bond donors (Lipinski definition) is 1. The molecular weight excluding hydrogens is 229 g/mol. The predicted molar refractivity (Wildman–Crippen MR) is 60.1 cm³/mol. The average Bonchev–Trinajstić information content (AvgIpc) is 2.36. The first kappa shape index (κ1) is 11.9. The van der Waals surface area contributed by atoms with Crippen molar-refractivity contribution in [3.05, 3.63) is 47.0 Å².